The van der Waals surface area contributed by atoms with Crippen molar-refractivity contribution in [2.24, 2.45) is 0 Å². The summed E-state index contributed by atoms with van der Waals surface area (Å²) in [6.07, 6.45) is -6.51. The van der Waals surface area contributed by atoms with Crippen LogP contribution < -0.4 is 10.6 Å². The standard InChI is InChI=1S/C23H26F5N3O3/c1-21(2,3)34-20(33)31-12-22(13-31,19(32)30-18-9-8-16(24)10-17(18)25)29-11-14-4-6-15(7-5-14)23(26,27)28/h4-10,19,29-30,32H,11-13H2,1-3H3. The zero-order chi connectivity index (χ0) is 25.3. The van der Waals surface area contributed by atoms with E-state index in [1.54, 1.807) is 20.8 Å². The molecule has 3 rings (SSSR count). The van der Waals surface area contributed by atoms with E-state index in [4.69, 9.17) is 4.74 Å². The Morgan fingerprint density at radius 3 is 2.26 bits per heavy atom. The quantitative estimate of drug-likeness (QED) is 0.414. The number of alkyl halides is 3. The van der Waals surface area contributed by atoms with Crippen molar-refractivity contribution in [3.63, 3.8) is 0 Å². The van der Waals surface area contributed by atoms with Crippen LogP contribution in [0.2, 0.25) is 0 Å². The molecule has 1 unspecified atom stereocenters. The Labute approximate surface area is 193 Å². The predicted octanol–water partition coefficient (Wildman–Crippen LogP) is 4.49. The number of likely N-dealkylation sites (tertiary alicyclic amines) is 1. The third kappa shape index (κ3) is 6.15. The third-order valence-electron chi connectivity index (χ3n) is 5.27. The van der Waals surface area contributed by atoms with Crippen LogP contribution in [0.1, 0.15) is 31.9 Å². The summed E-state index contributed by atoms with van der Waals surface area (Å²) in [4.78, 5) is 13.7. The number of anilines is 1. The molecule has 0 saturated carbocycles. The summed E-state index contributed by atoms with van der Waals surface area (Å²) in [5, 5.41) is 16.5. The van der Waals surface area contributed by atoms with Crippen LogP contribution in [0.25, 0.3) is 0 Å². The fourth-order valence-corrected chi connectivity index (χ4v) is 3.45. The molecule has 186 valence electrons. The zero-order valence-corrected chi connectivity index (χ0v) is 18.8. The molecule has 1 heterocycles. The second-order valence-electron chi connectivity index (χ2n) is 9.21. The number of ether oxygens (including phenoxy) is 1. The highest BCUT2D eigenvalue weighted by Crippen LogP contribution is 2.31. The molecule has 3 N–H and O–H groups in total. The summed E-state index contributed by atoms with van der Waals surface area (Å²) in [6, 6.07) is 7.29. The van der Waals surface area contributed by atoms with E-state index in [0.717, 1.165) is 24.3 Å². The molecule has 0 radical (unpaired) electrons. The first-order valence-corrected chi connectivity index (χ1v) is 10.5. The highest BCUT2D eigenvalue weighted by Gasteiger charge is 2.51. The maximum absolute atomic E-state index is 14.1. The molecule has 0 spiro atoms. The van der Waals surface area contributed by atoms with Crippen molar-refractivity contribution in [2.45, 2.75) is 50.9 Å². The number of halogens is 5. The number of aliphatic hydroxyl groups excluding tert-OH is 1. The fraction of sp³-hybridized carbons (Fsp3) is 0.435. The Balaban J connectivity index is 1.75. The smallest absolute Gasteiger partial charge is 0.416 e. The van der Waals surface area contributed by atoms with Gasteiger partial charge in [0.15, 0.2) is 0 Å². The van der Waals surface area contributed by atoms with Crippen LogP contribution in [-0.4, -0.2) is 46.6 Å². The average molecular weight is 487 g/mol. The van der Waals surface area contributed by atoms with E-state index in [2.05, 4.69) is 10.6 Å². The molecule has 0 aromatic heterocycles. The van der Waals surface area contributed by atoms with Gasteiger partial charge in [-0.2, -0.15) is 13.2 Å². The highest BCUT2D eigenvalue weighted by molar-refractivity contribution is 5.70. The van der Waals surface area contributed by atoms with E-state index in [-0.39, 0.29) is 25.3 Å². The van der Waals surface area contributed by atoms with E-state index in [1.165, 1.54) is 17.0 Å². The van der Waals surface area contributed by atoms with Gasteiger partial charge in [0.2, 0.25) is 0 Å². The maximum Gasteiger partial charge on any atom is 0.416 e. The molecule has 34 heavy (non-hydrogen) atoms. The van der Waals surface area contributed by atoms with Crippen molar-refractivity contribution < 1.29 is 36.6 Å². The van der Waals surface area contributed by atoms with Crippen molar-refractivity contribution in [1.29, 1.82) is 0 Å². The van der Waals surface area contributed by atoms with E-state index in [0.29, 0.717) is 11.6 Å². The first-order chi connectivity index (χ1) is 15.7. The lowest BCUT2D eigenvalue weighted by Crippen LogP contribution is -2.76. The van der Waals surface area contributed by atoms with Crippen LogP contribution in [0.4, 0.5) is 32.4 Å². The van der Waals surface area contributed by atoms with E-state index in [1.807, 2.05) is 0 Å². The molecule has 1 amide bonds. The Morgan fingerprint density at radius 1 is 1.12 bits per heavy atom. The van der Waals surface area contributed by atoms with Crippen molar-refractivity contribution in [2.75, 3.05) is 18.4 Å². The van der Waals surface area contributed by atoms with Gasteiger partial charge >= 0.3 is 12.3 Å². The van der Waals surface area contributed by atoms with Gasteiger partial charge in [-0.25, -0.2) is 13.6 Å². The van der Waals surface area contributed by atoms with Gasteiger partial charge in [0.1, 0.15) is 23.5 Å². The first-order valence-electron chi connectivity index (χ1n) is 10.5. The van der Waals surface area contributed by atoms with Crippen LogP contribution in [-0.2, 0) is 17.5 Å². The number of hydrogen-bond donors (Lipinski definition) is 3. The van der Waals surface area contributed by atoms with Crippen LogP contribution in [0.5, 0.6) is 0 Å². The van der Waals surface area contributed by atoms with Gasteiger partial charge in [-0.15, -0.1) is 0 Å². The minimum atomic E-state index is -4.46. The molecule has 2 aromatic carbocycles. The maximum atomic E-state index is 14.1. The lowest BCUT2D eigenvalue weighted by molar-refractivity contribution is -0.137. The van der Waals surface area contributed by atoms with Gasteiger partial charge in [0, 0.05) is 25.7 Å². The second-order valence-corrected chi connectivity index (χ2v) is 9.21. The fourth-order valence-electron chi connectivity index (χ4n) is 3.45. The molecule has 0 bridgehead atoms. The molecule has 1 aliphatic rings. The average Bonchev–Trinajstić information content (AvgIpc) is 2.67. The van der Waals surface area contributed by atoms with Crippen LogP contribution in [0, 0.1) is 11.6 Å². The Kier molecular flexibility index (Phi) is 7.09. The lowest BCUT2D eigenvalue weighted by Gasteiger charge is -2.52. The van der Waals surface area contributed by atoms with Crippen LogP contribution in [0.15, 0.2) is 42.5 Å². The summed E-state index contributed by atoms with van der Waals surface area (Å²) in [6.45, 7) is 5.11. The summed E-state index contributed by atoms with van der Waals surface area (Å²) < 4.78 is 71.0. The topological polar surface area (TPSA) is 73.8 Å². The molecule has 11 heteroatoms. The van der Waals surface area contributed by atoms with Gasteiger partial charge in [0.25, 0.3) is 0 Å². The van der Waals surface area contributed by atoms with Crippen molar-refractivity contribution >= 4 is 11.8 Å². The normalized spacial score (nSPS) is 16.6. The summed E-state index contributed by atoms with van der Waals surface area (Å²) in [5.41, 5.74) is -2.36. The van der Waals surface area contributed by atoms with E-state index >= 15 is 0 Å². The van der Waals surface area contributed by atoms with Crippen LogP contribution >= 0.6 is 0 Å². The highest BCUT2D eigenvalue weighted by atomic mass is 19.4. The van der Waals surface area contributed by atoms with Gasteiger partial charge in [-0.1, -0.05) is 12.1 Å². The molecule has 1 aliphatic heterocycles. The summed E-state index contributed by atoms with van der Waals surface area (Å²) >= 11 is 0. The number of rotatable bonds is 6. The number of aliphatic hydroxyl groups is 1. The van der Waals surface area contributed by atoms with Crippen molar-refractivity contribution in [3.05, 3.63) is 65.2 Å². The number of benzene rings is 2. The van der Waals surface area contributed by atoms with Gasteiger partial charge in [-0.3, -0.25) is 0 Å². The molecule has 0 aliphatic carbocycles. The Hall–Kier alpha value is -2.92. The molecule has 1 saturated heterocycles. The second kappa shape index (κ2) is 9.38. The first kappa shape index (κ1) is 25.7. The monoisotopic (exact) mass is 487 g/mol. The van der Waals surface area contributed by atoms with Crippen molar-refractivity contribution in [3.8, 4) is 0 Å². The number of hydrogen-bond acceptors (Lipinski definition) is 5. The number of nitrogens with zero attached hydrogens (tertiary/aromatic N) is 1. The minimum absolute atomic E-state index is 0.0282. The Bertz CT molecular complexity index is 1020. The molecular weight excluding hydrogens is 461 g/mol. The van der Waals surface area contributed by atoms with E-state index < -0.39 is 46.8 Å². The third-order valence-corrected chi connectivity index (χ3v) is 5.27. The Morgan fingerprint density at radius 2 is 1.74 bits per heavy atom. The predicted molar refractivity (Wildman–Crippen MR) is 115 cm³/mol. The van der Waals surface area contributed by atoms with Gasteiger partial charge in [0.05, 0.1) is 16.8 Å². The lowest BCUT2D eigenvalue weighted by atomic mass is 9.87. The number of carbonyl (C=O) groups is 1. The number of amides is 1. The zero-order valence-electron chi connectivity index (χ0n) is 18.8. The van der Waals surface area contributed by atoms with Crippen LogP contribution in [0.3, 0.4) is 0 Å². The number of carbonyl (C=O) groups excluding carboxylic acids is 1. The summed E-state index contributed by atoms with van der Waals surface area (Å²) in [7, 11) is 0. The molecule has 1 atom stereocenters. The molecular formula is C23H26F5N3O3. The molecule has 6 nitrogen and oxygen atoms in total. The SMILES string of the molecule is CC(C)(C)OC(=O)N1CC(NCc2ccc(C(F)(F)F)cc2)(C(O)Nc2ccc(F)cc2F)C1. The van der Waals surface area contributed by atoms with Gasteiger partial charge in [-0.05, 0) is 50.6 Å². The summed E-state index contributed by atoms with van der Waals surface area (Å²) in [5.74, 6) is -1.70. The number of nitrogens with one attached hydrogen (secondary N) is 2. The van der Waals surface area contributed by atoms with Gasteiger partial charge < -0.3 is 25.4 Å². The largest absolute Gasteiger partial charge is 0.444 e. The van der Waals surface area contributed by atoms with E-state index in [9.17, 15) is 31.9 Å². The minimum Gasteiger partial charge on any atom is -0.444 e. The molecule has 2 aromatic rings. The van der Waals surface area contributed by atoms with Crippen molar-refractivity contribution in [1.82, 2.24) is 10.2 Å². The molecule has 1 fully saturated rings.